The summed E-state index contributed by atoms with van der Waals surface area (Å²) >= 11 is 0. The van der Waals surface area contributed by atoms with Crippen LogP contribution in [0.4, 0.5) is 0 Å². The van der Waals surface area contributed by atoms with Crippen LogP contribution in [0.2, 0.25) is 0 Å². The summed E-state index contributed by atoms with van der Waals surface area (Å²) < 4.78 is 0. The van der Waals surface area contributed by atoms with Gasteiger partial charge in [-0.2, -0.15) is 0 Å². The van der Waals surface area contributed by atoms with Gasteiger partial charge in [-0.3, -0.25) is 0 Å². The maximum absolute atomic E-state index is 10.1. The number of rotatable bonds is 5. The minimum Gasteiger partial charge on any atom is -0.478 e. The van der Waals surface area contributed by atoms with Crippen molar-refractivity contribution in [3.8, 4) is 0 Å². The number of carbonyl (C=O) groups is 4. The minimum atomic E-state index is -1.22. The lowest BCUT2D eigenvalue weighted by molar-refractivity contribution is -0.135. The van der Waals surface area contributed by atoms with Gasteiger partial charge in [-0.25, -0.2) is 19.2 Å². The molecular formula is C12H16O8. The lowest BCUT2D eigenvalue weighted by Gasteiger charge is -1.95. The number of hydrogen-bond acceptors (Lipinski definition) is 4. The van der Waals surface area contributed by atoms with Gasteiger partial charge in [0.15, 0.2) is 0 Å². The van der Waals surface area contributed by atoms with E-state index in [4.69, 9.17) is 20.4 Å². The largest absolute Gasteiger partial charge is 0.478 e. The van der Waals surface area contributed by atoms with Gasteiger partial charge in [0.05, 0.1) is 0 Å². The Hall–Kier alpha value is -2.64. The Bertz CT molecular complexity index is 448. The lowest BCUT2D eigenvalue weighted by atomic mass is 10.1. The van der Waals surface area contributed by atoms with Crippen LogP contribution in [0.5, 0.6) is 0 Å². The molecule has 112 valence electrons. The summed E-state index contributed by atoms with van der Waals surface area (Å²) in [7, 11) is 0. The maximum Gasteiger partial charge on any atom is 0.331 e. The van der Waals surface area contributed by atoms with E-state index in [9.17, 15) is 19.2 Å². The smallest absolute Gasteiger partial charge is 0.331 e. The molecule has 0 aliphatic heterocycles. The molecule has 0 bridgehead atoms. The summed E-state index contributed by atoms with van der Waals surface area (Å²) in [6, 6.07) is 0. The van der Waals surface area contributed by atoms with Gasteiger partial charge >= 0.3 is 23.9 Å². The zero-order chi connectivity index (χ0) is 16.5. The van der Waals surface area contributed by atoms with E-state index in [1.54, 1.807) is 6.92 Å². The van der Waals surface area contributed by atoms with Crippen LogP contribution in [0.25, 0.3) is 0 Å². The average Bonchev–Trinajstić information content (AvgIpc) is 2.33. The van der Waals surface area contributed by atoms with Crippen molar-refractivity contribution in [1.82, 2.24) is 0 Å². The normalized spacial score (nSPS) is 11.7. The van der Waals surface area contributed by atoms with E-state index >= 15 is 0 Å². The SMILES string of the molecule is C/C(C(=O)O)=C(/C)C(=O)O.CC/C(=C\C(=O)O)C(=O)O. The summed E-state index contributed by atoms with van der Waals surface area (Å²) in [5, 5.41) is 33.0. The van der Waals surface area contributed by atoms with Crippen molar-refractivity contribution in [2.24, 2.45) is 0 Å². The van der Waals surface area contributed by atoms with Crippen LogP contribution >= 0.6 is 0 Å². The second-order valence-electron chi connectivity index (χ2n) is 3.53. The fourth-order valence-corrected chi connectivity index (χ4v) is 0.785. The molecule has 4 N–H and O–H groups in total. The third-order valence-electron chi connectivity index (χ3n) is 2.16. The van der Waals surface area contributed by atoms with Crippen LogP contribution in [-0.4, -0.2) is 44.3 Å². The molecule has 8 nitrogen and oxygen atoms in total. The fourth-order valence-electron chi connectivity index (χ4n) is 0.785. The molecule has 0 atom stereocenters. The summed E-state index contributed by atoms with van der Waals surface area (Å²) in [6.07, 6.45) is 0.921. The molecule has 0 heterocycles. The first-order valence-electron chi connectivity index (χ1n) is 5.35. The maximum atomic E-state index is 10.1. The van der Waals surface area contributed by atoms with E-state index < -0.39 is 23.9 Å². The molecular weight excluding hydrogens is 272 g/mol. The van der Waals surface area contributed by atoms with Gasteiger partial charge < -0.3 is 20.4 Å². The number of aliphatic carboxylic acids is 4. The Morgan fingerprint density at radius 3 is 1.25 bits per heavy atom. The Kier molecular flexibility index (Phi) is 9.17. The van der Waals surface area contributed by atoms with Crippen LogP contribution in [0.15, 0.2) is 22.8 Å². The molecule has 0 unspecified atom stereocenters. The second kappa shape index (κ2) is 9.31. The molecule has 0 aliphatic rings. The molecule has 0 aromatic heterocycles. The topological polar surface area (TPSA) is 149 Å². The van der Waals surface area contributed by atoms with E-state index in [0.29, 0.717) is 6.08 Å². The highest BCUT2D eigenvalue weighted by molar-refractivity contribution is 5.97. The first-order valence-corrected chi connectivity index (χ1v) is 5.35. The van der Waals surface area contributed by atoms with Crippen LogP contribution in [0, 0.1) is 0 Å². The zero-order valence-electron chi connectivity index (χ0n) is 11.2. The molecule has 0 spiro atoms. The van der Waals surface area contributed by atoms with Gasteiger partial charge in [0.25, 0.3) is 0 Å². The van der Waals surface area contributed by atoms with Gasteiger partial charge in [-0.15, -0.1) is 0 Å². The first-order chi connectivity index (χ1) is 9.04. The predicted molar refractivity (Wildman–Crippen MR) is 67.3 cm³/mol. The third-order valence-corrected chi connectivity index (χ3v) is 2.16. The Morgan fingerprint density at radius 1 is 0.800 bits per heavy atom. The third kappa shape index (κ3) is 8.45. The van der Waals surface area contributed by atoms with Crippen molar-refractivity contribution in [3.05, 3.63) is 22.8 Å². The summed E-state index contributed by atoms with van der Waals surface area (Å²) in [4.78, 5) is 40.3. The van der Waals surface area contributed by atoms with Gasteiger partial charge in [-0.05, 0) is 20.3 Å². The molecule has 0 radical (unpaired) electrons. The molecule has 0 saturated carbocycles. The van der Waals surface area contributed by atoms with Crippen LogP contribution < -0.4 is 0 Å². The predicted octanol–water partition coefficient (Wildman–Crippen LogP) is 0.984. The summed E-state index contributed by atoms with van der Waals surface area (Å²) in [5.41, 5.74) is -0.354. The molecule has 0 aliphatic carbocycles. The molecule has 0 saturated heterocycles. The van der Waals surface area contributed by atoms with Crippen molar-refractivity contribution < 1.29 is 39.6 Å². The standard InChI is InChI=1S/2C6H8O4/c1-3(5(7)8)4(2)6(9)10;1-2-4(6(9)10)3-5(7)8/h1-2H3,(H,7,8)(H,9,10);3H,2H2,1H3,(H,7,8)(H,9,10)/b2*4-3+. The van der Waals surface area contributed by atoms with Crippen LogP contribution in [-0.2, 0) is 19.2 Å². The highest BCUT2D eigenvalue weighted by Crippen LogP contribution is 2.02. The van der Waals surface area contributed by atoms with Crippen molar-refractivity contribution in [2.75, 3.05) is 0 Å². The van der Waals surface area contributed by atoms with Gasteiger partial charge in [-0.1, -0.05) is 6.92 Å². The molecule has 8 heteroatoms. The van der Waals surface area contributed by atoms with E-state index in [1.165, 1.54) is 13.8 Å². The van der Waals surface area contributed by atoms with Gasteiger partial charge in [0.1, 0.15) is 0 Å². The monoisotopic (exact) mass is 288 g/mol. The Morgan fingerprint density at radius 2 is 1.15 bits per heavy atom. The number of hydrogen-bond donors (Lipinski definition) is 4. The minimum absolute atomic E-state index is 0.0903. The fraction of sp³-hybridized carbons (Fsp3) is 0.333. The van der Waals surface area contributed by atoms with E-state index in [0.717, 1.165) is 0 Å². The average molecular weight is 288 g/mol. The molecule has 20 heavy (non-hydrogen) atoms. The Balaban J connectivity index is 0. The number of carboxylic acid groups (broad SMARTS) is 4. The second-order valence-corrected chi connectivity index (χ2v) is 3.53. The molecule has 0 rings (SSSR count). The van der Waals surface area contributed by atoms with Gasteiger partial charge in [0.2, 0.25) is 0 Å². The highest BCUT2D eigenvalue weighted by Gasteiger charge is 2.10. The highest BCUT2D eigenvalue weighted by atomic mass is 16.4. The lowest BCUT2D eigenvalue weighted by Crippen LogP contribution is -2.06. The van der Waals surface area contributed by atoms with Crippen LogP contribution in [0.1, 0.15) is 27.2 Å². The van der Waals surface area contributed by atoms with Crippen LogP contribution in [0.3, 0.4) is 0 Å². The van der Waals surface area contributed by atoms with E-state index in [2.05, 4.69) is 0 Å². The van der Waals surface area contributed by atoms with Gasteiger partial charge in [0, 0.05) is 22.8 Å². The quantitative estimate of drug-likeness (QED) is 0.547. The van der Waals surface area contributed by atoms with Crippen molar-refractivity contribution >= 4 is 23.9 Å². The Labute approximate surface area is 114 Å². The molecule has 0 amide bonds. The summed E-state index contributed by atoms with van der Waals surface area (Å²) in [6.45, 7) is 4.10. The van der Waals surface area contributed by atoms with Crippen molar-refractivity contribution in [2.45, 2.75) is 27.2 Å². The van der Waals surface area contributed by atoms with Crippen molar-refractivity contribution in [3.63, 3.8) is 0 Å². The summed E-state index contributed by atoms with van der Waals surface area (Å²) in [5.74, 6) is -4.79. The molecule has 0 aromatic rings. The van der Waals surface area contributed by atoms with E-state index in [-0.39, 0.29) is 23.1 Å². The molecule has 0 aromatic carbocycles. The number of carboxylic acids is 4. The zero-order valence-corrected chi connectivity index (χ0v) is 11.2. The van der Waals surface area contributed by atoms with Crippen molar-refractivity contribution in [1.29, 1.82) is 0 Å². The van der Waals surface area contributed by atoms with E-state index in [1.807, 2.05) is 0 Å². The first kappa shape index (κ1) is 19.7. The molecule has 0 fully saturated rings.